The van der Waals surface area contributed by atoms with Gasteiger partial charge >= 0.3 is 13.2 Å². The first-order valence-corrected chi connectivity index (χ1v) is 15.3. The van der Waals surface area contributed by atoms with Crippen molar-refractivity contribution in [2.24, 2.45) is 0 Å². The van der Waals surface area contributed by atoms with Crippen LogP contribution in [0.4, 0.5) is 17.6 Å². The maximum atomic E-state index is 13.5. The number of morpholine rings is 1. The van der Waals surface area contributed by atoms with Crippen LogP contribution in [0.5, 0.6) is 0 Å². The molecular weight excluding hydrogens is 650 g/mol. The van der Waals surface area contributed by atoms with Crippen molar-refractivity contribution in [3.8, 4) is 0 Å². The molecule has 2 fully saturated rings. The standard InChI is InChI=1S/C30H41F4N5O9/c1-18(24(41)30(2)17-48-30)35-26(43)21(15-46-28(31)32)38-27(44)22(16-47-29(33)34)37-25(42)20(9-8-19-6-4-3-5-7-19)36-23(40)14-39-10-12-45-13-11-39/h3-7,18,20-22,28-29H,8-17H2,1-2H3,(H,35,43)(H,36,40)(H,37,42)(H,38,44)/t18?,20-,21-,22?,30?/m0/s1. The van der Waals surface area contributed by atoms with E-state index in [0.717, 1.165) is 5.56 Å². The third-order valence-corrected chi connectivity index (χ3v) is 7.58. The number of nitrogens with zero attached hydrogens (tertiary/aromatic N) is 1. The Morgan fingerprint density at radius 1 is 0.833 bits per heavy atom. The number of hydrogen-bond donors (Lipinski definition) is 4. The van der Waals surface area contributed by atoms with Crippen LogP contribution in [0.15, 0.2) is 30.3 Å². The molecular formula is C30H41F4N5O9. The van der Waals surface area contributed by atoms with Crippen molar-refractivity contribution in [3.05, 3.63) is 35.9 Å². The van der Waals surface area contributed by atoms with Crippen molar-refractivity contribution in [2.75, 3.05) is 52.7 Å². The Hall–Kier alpha value is -3.71. The second-order valence-corrected chi connectivity index (χ2v) is 11.5. The molecule has 18 heteroatoms. The fourth-order valence-corrected chi connectivity index (χ4v) is 4.76. The monoisotopic (exact) mass is 691 g/mol. The molecule has 268 valence electrons. The van der Waals surface area contributed by atoms with Gasteiger partial charge in [-0.1, -0.05) is 30.3 Å². The molecule has 1 aromatic rings. The van der Waals surface area contributed by atoms with E-state index in [9.17, 15) is 41.5 Å². The van der Waals surface area contributed by atoms with E-state index in [0.29, 0.717) is 32.7 Å². The molecule has 0 bridgehead atoms. The maximum Gasteiger partial charge on any atom is 0.345 e. The molecule has 0 radical (unpaired) electrons. The number of aryl methyl sites for hydroxylation is 1. The van der Waals surface area contributed by atoms with Crippen LogP contribution in [0.3, 0.4) is 0 Å². The Labute approximate surface area is 274 Å². The first kappa shape index (κ1) is 38.7. The van der Waals surface area contributed by atoms with Crippen LogP contribution in [-0.2, 0) is 49.3 Å². The summed E-state index contributed by atoms with van der Waals surface area (Å²) in [6.07, 6.45) is 0.367. The van der Waals surface area contributed by atoms with Crippen molar-refractivity contribution in [2.45, 2.75) is 69.7 Å². The summed E-state index contributed by atoms with van der Waals surface area (Å²) in [6.45, 7) is -4.15. The molecule has 2 aliphatic rings. The number of halogens is 4. The van der Waals surface area contributed by atoms with E-state index in [1.807, 2.05) is 4.90 Å². The van der Waals surface area contributed by atoms with E-state index >= 15 is 0 Å². The minimum Gasteiger partial charge on any atom is -0.379 e. The Morgan fingerprint density at radius 2 is 1.35 bits per heavy atom. The molecule has 4 N–H and O–H groups in total. The minimum absolute atomic E-state index is 0.0516. The van der Waals surface area contributed by atoms with Crippen LogP contribution in [0.2, 0.25) is 0 Å². The molecule has 0 aromatic heterocycles. The molecule has 4 amide bonds. The Balaban J connectivity index is 1.73. The number of rotatable bonds is 20. The summed E-state index contributed by atoms with van der Waals surface area (Å²) in [7, 11) is 0. The topological polar surface area (TPSA) is 177 Å². The second-order valence-electron chi connectivity index (χ2n) is 11.5. The largest absolute Gasteiger partial charge is 0.379 e. The van der Waals surface area contributed by atoms with Gasteiger partial charge in [-0.2, -0.15) is 17.6 Å². The van der Waals surface area contributed by atoms with Crippen LogP contribution in [0.25, 0.3) is 0 Å². The van der Waals surface area contributed by atoms with Gasteiger partial charge in [0.15, 0.2) is 5.78 Å². The first-order valence-electron chi connectivity index (χ1n) is 15.3. The summed E-state index contributed by atoms with van der Waals surface area (Å²) in [5.74, 6) is -4.32. The smallest absolute Gasteiger partial charge is 0.345 e. The quantitative estimate of drug-likeness (QED) is 0.105. The Morgan fingerprint density at radius 3 is 1.88 bits per heavy atom. The number of amides is 4. The van der Waals surface area contributed by atoms with Crippen molar-refractivity contribution < 1.29 is 60.5 Å². The number of epoxide rings is 1. The number of Topliss-reactive ketones (excluding diaryl/α,β-unsaturated/α-hetero) is 1. The zero-order valence-corrected chi connectivity index (χ0v) is 26.6. The van der Waals surface area contributed by atoms with Crippen LogP contribution < -0.4 is 21.3 Å². The summed E-state index contributed by atoms with van der Waals surface area (Å²) in [5.41, 5.74) is -0.294. The molecule has 14 nitrogen and oxygen atoms in total. The molecule has 0 saturated carbocycles. The molecule has 3 rings (SSSR count). The normalized spacial score (nSPS) is 20.3. The van der Waals surface area contributed by atoms with Gasteiger partial charge in [-0.05, 0) is 32.3 Å². The van der Waals surface area contributed by atoms with E-state index in [1.165, 1.54) is 13.8 Å². The zero-order valence-electron chi connectivity index (χ0n) is 26.6. The highest BCUT2D eigenvalue weighted by atomic mass is 19.3. The van der Waals surface area contributed by atoms with E-state index in [2.05, 4.69) is 30.7 Å². The van der Waals surface area contributed by atoms with E-state index < -0.39 is 85.6 Å². The molecule has 2 heterocycles. The lowest BCUT2D eigenvalue weighted by Crippen LogP contribution is -2.60. The summed E-state index contributed by atoms with van der Waals surface area (Å²) in [5, 5.41) is 9.27. The van der Waals surface area contributed by atoms with Crippen molar-refractivity contribution in [1.29, 1.82) is 0 Å². The fourth-order valence-electron chi connectivity index (χ4n) is 4.76. The summed E-state index contributed by atoms with van der Waals surface area (Å²) in [4.78, 5) is 66.9. The molecule has 1 aromatic carbocycles. The van der Waals surface area contributed by atoms with Gasteiger partial charge in [-0.25, -0.2) is 0 Å². The van der Waals surface area contributed by atoms with Gasteiger partial charge in [-0.15, -0.1) is 0 Å². The SMILES string of the molecule is CC(NC(=O)[C@H](COC(F)F)NC(=O)C(COC(F)F)NC(=O)[C@H](CCc1ccccc1)NC(=O)CN1CCOCC1)C(=O)C1(C)CO1. The van der Waals surface area contributed by atoms with Gasteiger partial charge in [0.05, 0.1) is 45.6 Å². The van der Waals surface area contributed by atoms with Crippen LogP contribution in [0, 0.1) is 0 Å². The highest BCUT2D eigenvalue weighted by molar-refractivity contribution is 5.98. The molecule has 2 saturated heterocycles. The molecule has 0 aliphatic carbocycles. The van der Waals surface area contributed by atoms with Gasteiger partial charge in [0.1, 0.15) is 23.7 Å². The Bertz CT molecular complexity index is 1240. The van der Waals surface area contributed by atoms with Gasteiger partial charge in [0.25, 0.3) is 0 Å². The van der Waals surface area contributed by atoms with Crippen LogP contribution >= 0.6 is 0 Å². The van der Waals surface area contributed by atoms with E-state index in [-0.39, 0.29) is 19.6 Å². The number of nitrogens with one attached hydrogen (secondary N) is 4. The van der Waals surface area contributed by atoms with E-state index in [1.54, 1.807) is 30.3 Å². The number of ether oxygens (including phenoxy) is 4. The van der Waals surface area contributed by atoms with Gasteiger partial charge in [-0.3, -0.25) is 28.9 Å². The summed E-state index contributed by atoms with van der Waals surface area (Å²) < 4.78 is 70.7. The van der Waals surface area contributed by atoms with Crippen molar-refractivity contribution >= 4 is 29.4 Å². The predicted molar refractivity (Wildman–Crippen MR) is 159 cm³/mol. The number of carbonyl (C=O) groups excluding carboxylic acids is 5. The number of carbonyl (C=O) groups is 5. The van der Waals surface area contributed by atoms with Crippen molar-refractivity contribution in [1.82, 2.24) is 26.2 Å². The lowest BCUT2D eigenvalue weighted by Gasteiger charge is -2.28. The summed E-state index contributed by atoms with van der Waals surface area (Å²) >= 11 is 0. The maximum absolute atomic E-state index is 13.5. The van der Waals surface area contributed by atoms with Gasteiger partial charge in [0.2, 0.25) is 23.6 Å². The van der Waals surface area contributed by atoms with E-state index in [4.69, 9.17) is 9.47 Å². The van der Waals surface area contributed by atoms with Crippen LogP contribution in [0.1, 0.15) is 25.8 Å². The highest BCUT2D eigenvalue weighted by Crippen LogP contribution is 2.28. The third kappa shape index (κ3) is 13.1. The minimum atomic E-state index is -3.36. The predicted octanol–water partition coefficient (Wildman–Crippen LogP) is -0.253. The number of alkyl halides is 4. The average Bonchev–Trinajstić information content (AvgIpc) is 3.81. The molecule has 5 atom stereocenters. The molecule has 3 unspecified atom stereocenters. The second kappa shape index (κ2) is 18.7. The van der Waals surface area contributed by atoms with Gasteiger partial charge in [0, 0.05) is 13.1 Å². The number of ketones is 1. The fraction of sp³-hybridized carbons (Fsp3) is 0.633. The molecule has 2 aliphatic heterocycles. The number of benzene rings is 1. The third-order valence-electron chi connectivity index (χ3n) is 7.58. The summed E-state index contributed by atoms with van der Waals surface area (Å²) in [6, 6.07) is 2.86. The highest BCUT2D eigenvalue weighted by Gasteiger charge is 2.49. The first-order chi connectivity index (χ1) is 22.8. The van der Waals surface area contributed by atoms with Crippen molar-refractivity contribution in [3.63, 3.8) is 0 Å². The zero-order chi connectivity index (χ0) is 35.3. The van der Waals surface area contributed by atoms with Crippen LogP contribution in [-0.4, -0.2) is 130 Å². The molecule has 0 spiro atoms. The Kier molecular flexibility index (Phi) is 15.1. The lowest BCUT2D eigenvalue weighted by molar-refractivity contribution is -0.154. The van der Waals surface area contributed by atoms with Gasteiger partial charge < -0.3 is 40.2 Å². The molecule has 48 heavy (non-hydrogen) atoms. The lowest BCUT2D eigenvalue weighted by atomic mass is 10.0. The number of hydrogen-bond acceptors (Lipinski definition) is 10. The average molecular weight is 692 g/mol.